The molecule has 0 radical (unpaired) electrons. The third-order valence-corrected chi connectivity index (χ3v) is 5.89. The Morgan fingerprint density at radius 1 is 1.04 bits per heavy atom. The average Bonchev–Trinajstić information content (AvgIpc) is 3.19. The number of carbonyl (C=O) groups is 2. The Morgan fingerprint density at radius 2 is 1.79 bits per heavy atom. The number of carbonyl (C=O) groups excluding carboxylic acids is 2. The minimum Gasteiger partial charge on any atom is -0.380 e. The molecule has 2 aromatic rings. The highest BCUT2D eigenvalue weighted by Crippen LogP contribution is 2.39. The van der Waals surface area contributed by atoms with Crippen LogP contribution in [0.15, 0.2) is 28.8 Å². The summed E-state index contributed by atoms with van der Waals surface area (Å²) >= 11 is 0. The van der Waals surface area contributed by atoms with Gasteiger partial charge < -0.3 is 14.6 Å². The lowest BCUT2D eigenvalue weighted by molar-refractivity contribution is -0.142. The Bertz CT molecular complexity index is 878. The lowest BCUT2D eigenvalue weighted by atomic mass is 9.73. The van der Waals surface area contributed by atoms with Gasteiger partial charge in [-0.25, -0.2) is 4.79 Å². The van der Waals surface area contributed by atoms with Gasteiger partial charge >= 0.3 is 6.03 Å². The summed E-state index contributed by atoms with van der Waals surface area (Å²) in [6.45, 7) is 2.43. The maximum Gasteiger partial charge on any atom is 0.321 e. The van der Waals surface area contributed by atoms with Gasteiger partial charge in [-0.15, -0.1) is 0 Å². The zero-order valence-electron chi connectivity index (χ0n) is 15.5. The Balaban J connectivity index is 1.32. The summed E-state index contributed by atoms with van der Waals surface area (Å²) in [5.74, 6) is 1.45. The second-order valence-electron chi connectivity index (χ2n) is 7.74. The average molecular weight is 382 g/mol. The van der Waals surface area contributed by atoms with Gasteiger partial charge in [-0.05, 0) is 43.5 Å². The first kappa shape index (κ1) is 17.4. The molecule has 3 aliphatic rings. The summed E-state index contributed by atoms with van der Waals surface area (Å²) in [5, 5.41) is 6.99. The lowest BCUT2D eigenvalue weighted by Crippen LogP contribution is -2.46. The van der Waals surface area contributed by atoms with Crippen molar-refractivity contribution in [3.05, 3.63) is 30.2 Å². The fourth-order valence-electron chi connectivity index (χ4n) is 4.39. The van der Waals surface area contributed by atoms with E-state index in [4.69, 9.17) is 9.26 Å². The van der Waals surface area contributed by atoms with Crippen LogP contribution in [0.5, 0.6) is 0 Å². The van der Waals surface area contributed by atoms with E-state index in [0.29, 0.717) is 50.1 Å². The molecule has 8 heteroatoms. The van der Waals surface area contributed by atoms with Gasteiger partial charge in [-0.2, -0.15) is 4.98 Å². The molecule has 8 nitrogen and oxygen atoms in total. The van der Waals surface area contributed by atoms with E-state index in [1.54, 1.807) is 4.90 Å². The third kappa shape index (κ3) is 3.07. The van der Waals surface area contributed by atoms with Gasteiger partial charge in [0, 0.05) is 42.1 Å². The number of ketones is 1. The molecule has 1 aromatic heterocycles. The normalized spacial score (nSPS) is 27.6. The van der Waals surface area contributed by atoms with Crippen molar-refractivity contribution in [3.8, 4) is 11.4 Å². The zero-order valence-corrected chi connectivity index (χ0v) is 15.5. The van der Waals surface area contributed by atoms with E-state index in [9.17, 15) is 9.59 Å². The lowest BCUT2D eigenvalue weighted by Gasteiger charge is -2.35. The predicted molar refractivity (Wildman–Crippen MR) is 99.9 cm³/mol. The van der Waals surface area contributed by atoms with Crippen molar-refractivity contribution in [2.45, 2.75) is 25.2 Å². The van der Waals surface area contributed by atoms with Crippen LogP contribution in [0.2, 0.25) is 0 Å². The van der Waals surface area contributed by atoms with Gasteiger partial charge in [-0.3, -0.25) is 9.69 Å². The quantitative estimate of drug-likeness (QED) is 0.875. The number of Topliss-reactive ketones (excluding diaryl/α,β-unsaturated/α-hetero) is 1. The first-order valence-electron chi connectivity index (χ1n) is 9.80. The van der Waals surface area contributed by atoms with Crippen LogP contribution in [-0.4, -0.2) is 48.3 Å². The topological polar surface area (TPSA) is 97.6 Å². The first-order chi connectivity index (χ1) is 13.7. The molecule has 2 aliphatic heterocycles. The Kier molecular flexibility index (Phi) is 4.35. The molecule has 2 bridgehead atoms. The van der Waals surface area contributed by atoms with Crippen molar-refractivity contribution < 1.29 is 18.8 Å². The van der Waals surface area contributed by atoms with Crippen molar-refractivity contribution in [3.63, 3.8) is 0 Å². The Labute approximate surface area is 162 Å². The molecular formula is C20H22N4O4. The van der Waals surface area contributed by atoms with E-state index in [-0.39, 0.29) is 23.8 Å². The molecule has 2 amide bonds. The van der Waals surface area contributed by atoms with E-state index >= 15 is 0 Å². The number of nitrogens with zero attached hydrogens (tertiary/aromatic N) is 3. The highest BCUT2D eigenvalue weighted by Gasteiger charge is 2.42. The largest absolute Gasteiger partial charge is 0.380 e. The molecule has 3 heterocycles. The molecule has 5 rings (SSSR count). The van der Waals surface area contributed by atoms with Crippen LogP contribution < -0.4 is 10.2 Å². The van der Waals surface area contributed by atoms with E-state index < -0.39 is 0 Å². The maximum atomic E-state index is 12.2. The molecule has 28 heavy (non-hydrogen) atoms. The second kappa shape index (κ2) is 7.01. The minimum atomic E-state index is -0.0674. The number of fused-ring (bicyclic) bond motifs is 2. The summed E-state index contributed by atoms with van der Waals surface area (Å²) in [4.78, 5) is 30.5. The van der Waals surface area contributed by atoms with Crippen LogP contribution in [0.1, 0.15) is 31.1 Å². The monoisotopic (exact) mass is 382 g/mol. The number of nitrogens with one attached hydrogen (secondary N) is 1. The van der Waals surface area contributed by atoms with Crippen LogP contribution in [0.4, 0.5) is 10.5 Å². The summed E-state index contributed by atoms with van der Waals surface area (Å²) in [7, 11) is 0. The Morgan fingerprint density at radius 3 is 2.50 bits per heavy atom. The van der Waals surface area contributed by atoms with Crippen molar-refractivity contribution >= 4 is 17.5 Å². The number of hydrogen-bond donors (Lipinski definition) is 1. The molecule has 2 unspecified atom stereocenters. The fourth-order valence-corrected chi connectivity index (χ4v) is 4.39. The maximum absolute atomic E-state index is 12.2. The van der Waals surface area contributed by atoms with Crippen molar-refractivity contribution in [2.24, 2.45) is 11.8 Å². The summed E-state index contributed by atoms with van der Waals surface area (Å²) in [5.41, 5.74) is 1.69. The van der Waals surface area contributed by atoms with E-state index in [0.717, 1.165) is 24.2 Å². The van der Waals surface area contributed by atoms with Crippen LogP contribution in [0.3, 0.4) is 0 Å². The number of urea groups is 1. The number of aromatic nitrogens is 2. The Hall–Kier alpha value is -2.74. The van der Waals surface area contributed by atoms with E-state index in [1.165, 1.54) is 0 Å². The van der Waals surface area contributed by atoms with E-state index in [1.807, 2.05) is 24.3 Å². The van der Waals surface area contributed by atoms with Gasteiger partial charge in [0.05, 0.1) is 13.2 Å². The van der Waals surface area contributed by atoms with Gasteiger partial charge in [-0.1, -0.05) is 5.16 Å². The number of ether oxygens (including phenoxy) is 1. The molecule has 1 aliphatic carbocycles. The second-order valence-corrected chi connectivity index (χ2v) is 7.74. The van der Waals surface area contributed by atoms with Crippen molar-refractivity contribution in [1.82, 2.24) is 15.5 Å². The summed E-state index contributed by atoms with van der Waals surface area (Å²) in [6, 6.07) is 7.54. The van der Waals surface area contributed by atoms with Crippen LogP contribution >= 0.6 is 0 Å². The smallest absolute Gasteiger partial charge is 0.321 e. The number of benzene rings is 1. The molecule has 3 fully saturated rings. The molecule has 1 saturated carbocycles. The standard InChI is InChI=1S/C20H22N4O4/c25-17-14-8-13(9-15(17)11-27-10-14)19-22-18(23-28-19)12-2-4-16(5-3-12)24-7-1-6-21-20(24)26/h2-5,13-15H,1,6-11H2,(H,21,26). The molecular weight excluding hydrogens is 360 g/mol. The number of rotatable bonds is 3. The fraction of sp³-hybridized carbons (Fsp3) is 0.500. The minimum absolute atomic E-state index is 0.0529. The van der Waals surface area contributed by atoms with Gasteiger partial charge in [0.2, 0.25) is 11.7 Å². The number of amides is 2. The van der Waals surface area contributed by atoms with Gasteiger partial charge in [0.15, 0.2) is 0 Å². The number of hydrogen-bond acceptors (Lipinski definition) is 6. The highest BCUT2D eigenvalue weighted by atomic mass is 16.5. The molecule has 1 N–H and O–H groups in total. The molecule has 0 spiro atoms. The van der Waals surface area contributed by atoms with Gasteiger partial charge in [0.1, 0.15) is 5.78 Å². The predicted octanol–water partition coefficient (Wildman–Crippen LogP) is 2.37. The summed E-state index contributed by atoms with van der Waals surface area (Å²) in [6.07, 6.45) is 2.35. The molecule has 1 aromatic carbocycles. The molecule has 146 valence electrons. The van der Waals surface area contributed by atoms with Crippen LogP contribution in [-0.2, 0) is 9.53 Å². The zero-order chi connectivity index (χ0) is 19.1. The van der Waals surface area contributed by atoms with Gasteiger partial charge in [0.25, 0.3) is 0 Å². The van der Waals surface area contributed by atoms with E-state index in [2.05, 4.69) is 15.5 Å². The first-order valence-corrected chi connectivity index (χ1v) is 9.80. The SMILES string of the molecule is O=C1C2COCC1CC(c1nc(-c3ccc(N4CCCNC4=O)cc3)no1)C2. The van der Waals surface area contributed by atoms with Crippen LogP contribution in [0, 0.1) is 11.8 Å². The molecule has 2 saturated heterocycles. The third-order valence-electron chi connectivity index (χ3n) is 5.89. The van der Waals surface area contributed by atoms with Crippen molar-refractivity contribution in [2.75, 3.05) is 31.2 Å². The number of anilines is 1. The molecule has 2 atom stereocenters. The van der Waals surface area contributed by atoms with Crippen molar-refractivity contribution in [1.29, 1.82) is 0 Å². The van der Waals surface area contributed by atoms with Crippen LogP contribution in [0.25, 0.3) is 11.4 Å². The highest BCUT2D eigenvalue weighted by molar-refractivity contribution is 5.92. The summed E-state index contributed by atoms with van der Waals surface area (Å²) < 4.78 is 11.0.